The van der Waals surface area contributed by atoms with E-state index in [1.54, 1.807) is 25.3 Å². The van der Waals surface area contributed by atoms with Gasteiger partial charge in [0, 0.05) is 0 Å². The fraction of sp³-hybridized carbons (Fsp3) is 0.208. The molecule has 3 aromatic carbocycles. The molecule has 0 aliphatic heterocycles. The Morgan fingerprint density at radius 2 is 1.48 bits per heavy atom. The smallest absolute Gasteiger partial charge is 0.241 e. The number of sulfonamides is 1. The van der Waals surface area contributed by atoms with Gasteiger partial charge in [-0.25, -0.2) is 8.42 Å². The maximum absolute atomic E-state index is 13.1. The van der Waals surface area contributed by atoms with Crippen LogP contribution in [0.5, 0.6) is 5.75 Å². The number of amides is 1. The third-order valence-electron chi connectivity index (χ3n) is 4.92. The summed E-state index contributed by atoms with van der Waals surface area (Å²) in [6, 6.07) is 23.4. The van der Waals surface area contributed by atoms with Crippen molar-refractivity contribution < 1.29 is 17.9 Å². The Balaban J connectivity index is 1.80. The molecule has 0 radical (unpaired) electrons. The van der Waals surface area contributed by atoms with Crippen LogP contribution >= 0.6 is 0 Å². The predicted molar refractivity (Wildman–Crippen MR) is 120 cm³/mol. The minimum atomic E-state index is -3.86. The number of hydrogen-bond donors (Lipinski definition) is 2. The van der Waals surface area contributed by atoms with Gasteiger partial charge in [-0.1, -0.05) is 60.7 Å². The molecule has 0 aliphatic carbocycles. The Morgan fingerprint density at radius 1 is 0.903 bits per heavy atom. The summed E-state index contributed by atoms with van der Waals surface area (Å²) in [5, 5.41) is 2.92. The van der Waals surface area contributed by atoms with Gasteiger partial charge in [0.15, 0.2) is 0 Å². The van der Waals surface area contributed by atoms with E-state index in [-0.39, 0.29) is 17.4 Å². The van der Waals surface area contributed by atoms with Crippen LogP contribution in [-0.4, -0.2) is 27.5 Å². The lowest BCUT2D eigenvalue weighted by Gasteiger charge is -2.22. The van der Waals surface area contributed by atoms with E-state index >= 15 is 0 Å². The molecule has 31 heavy (non-hydrogen) atoms. The van der Waals surface area contributed by atoms with Gasteiger partial charge in [-0.05, 0) is 48.7 Å². The van der Waals surface area contributed by atoms with Crippen LogP contribution in [-0.2, 0) is 21.2 Å². The van der Waals surface area contributed by atoms with Gasteiger partial charge in [0.1, 0.15) is 11.8 Å². The molecule has 0 heterocycles. The highest BCUT2D eigenvalue weighted by Gasteiger charge is 2.27. The molecule has 0 aromatic heterocycles. The minimum Gasteiger partial charge on any atom is -0.497 e. The Bertz CT molecular complexity index is 1090. The van der Waals surface area contributed by atoms with Crippen LogP contribution in [0.4, 0.5) is 0 Å². The number of rotatable bonds is 9. The van der Waals surface area contributed by atoms with Crippen LogP contribution in [0, 0.1) is 0 Å². The third-order valence-corrected chi connectivity index (χ3v) is 6.41. The molecule has 0 saturated carbocycles. The number of ether oxygens (including phenoxy) is 1. The van der Waals surface area contributed by atoms with Gasteiger partial charge in [0.25, 0.3) is 0 Å². The van der Waals surface area contributed by atoms with E-state index in [1.165, 1.54) is 12.1 Å². The van der Waals surface area contributed by atoms with Gasteiger partial charge < -0.3 is 10.1 Å². The summed E-state index contributed by atoms with van der Waals surface area (Å²) in [6.45, 7) is 1.85. The van der Waals surface area contributed by atoms with Crippen molar-refractivity contribution in [2.75, 3.05) is 7.11 Å². The number of methoxy groups -OCH3 is 1. The highest BCUT2D eigenvalue weighted by molar-refractivity contribution is 7.89. The van der Waals surface area contributed by atoms with Crippen molar-refractivity contribution in [1.82, 2.24) is 10.0 Å². The zero-order valence-electron chi connectivity index (χ0n) is 17.5. The van der Waals surface area contributed by atoms with Crippen LogP contribution < -0.4 is 14.8 Å². The van der Waals surface area contributed by atoms with Gasteiger partial charge in [0.05, 0.1) is 18.0 Å². The van der Waals surface area contributed by atoms with Crippen molar-refractivity contribution in [1.29, 1.82) is 0 Å². The van der Waals surface area contributed by atoms with Gasteiger partial charge >= 0.3 is 0 Å². The summed E-state index contributed by atoms with van der Waals surface area (Å²) >= 11 is 0. The lowest BCUT2D eigenvalue weighted by Crippen LogP contribution is -2.48. The van der Waals surface area contributed by atoms with Crippen LogP contribution in [0.3, 0.4) is 0 Å². The molecule has 3 aromatic rings. The average molecular weight is 439 g/mol. The van der Waals surface area contributed by atoms with Crippen molar-refractivity contribution in [3.63, 3.8) is 0 Å². The second kappa shape index (κ2) is 10.2. The first-order chi connectivity index (χ1) is 14.9. The lowest BCUT2D eigenvalue weighted by atomic mass is 10.0. The minimum absolute atomic E-state index is 0.115. The number of hydrogen-bond acceptors (Lipinski definition) is 4. The Hall–Kier alpha value is -3.16. The molecular formula is C24H26N2O4S. The predicted octanol–water partition coefficient (Wildman–Crippen LogP) is 3.46. The van der Waals surface area contributed by atoms with Crippen LogP contribution in [0.15, 0.2) is 89.8 Å². The molecule has 0 spiro atoms. The lowest BCUT2D eigenvalue weighted by molar-refractivity contribution is -0.123. The zero-order valence-corrected chi connectivity index (χ0v) is 18.3. The van der Waals surface area contributed by atoms with E-state index in [0.29, 0.717) is 0 Å². The van der Waals surface area contributed by atoms with Gasteiger partial charge in [-0.3, -0.25) is 4.79 Å². The van der Waals surface area contributed by atoms with Gasteiger partial charge in [0.2, 0.25) is 15.9 Å². The monoisotopic (exact) mass is 438 g/mol. The van der Waals surface area contributed by atoms with Crippen molar-refractivity contribution in [3.8, 4) is 5.75 Å². The van der Waals surface area contributed by atoms with E-state index < -0.39 is 22.0 Å². The van der Waals surface area contributed by atoms with Crippen LogP contribution in [0.25, 0.3) is 0 Å². The van der Waals surface area contributed by atoms with Crippen molar-refractivity contribution in [3.05, 3.63) is 96.1 Å². The van der Waals surface area contributed by atoms with E-state index in [2.05, 4.69) is 10.0 Å². The second-order valence-corrected chi connectivity index (χ2v) is 8.89. The number of nitrogens with one attached hydrogen (secondary N) is 2. The van der Waals surface area contributed by atoms with Crippen LogP contribution in [0.2, 0.25) is 0 Å². The maximum atomic E-state index is 13.1. The number of carbonyl (C=O) groups is 1. The average Bonchev–Trinajstić information content (AvgIpc) is 2.79. The molecule has 6 nitrogen and oxygen atoms in total. The third kappa shape index (κ3) is 6.16. The Morgan fingerprint density at radius 3 is 2.06 bits per heavy atom. The molecule has 1 amide bonds. The first-order valence-electron chi connectivity index (χ1n) is 9.94. The summed E-state index contributed by atoms with van der Waals surface area (Å²) in [7, 11) is -2.27. The highest BCUT2D eigenvalue weighted by atomic mass is 32.2. The van der Waals surface area contributed by atoms with E-state index in [4.69, 9.17) is 4.74 Å². The largest absolute Gasteiger partial charge is 0.497 e. The maximum Gasteiger partial charge on any atom is 0.241 e. The van der Waals surface area contributed by atoms with E-state index in [9.17, 15) is 13.2 Å². The fourth-order valence-electron chi connectivity index (χ4n) is 3.18. The molecule has 162 valence electrons. The summed E-state index contributed by atoms with van der Waals surface area (Å²) in [6.07, 6.45) is 0.230. The summed E-state index contributed by atoms with van der Waals surface area (Å²) < 4.78 is 33.5. The Kier molecular flexibility index (Phi) is 7.44. The summed E-state index contributed by atoms with van der Waals surface area (Å²) in [4.78, 5) is 13.2. The molecule has 0 saturated heterocycles. The summed E-state index contributed by atoms with van der Waals surface area (Å²) in [5.74, 6) is 0.325. The summed E-state index contributed by atoms with van der Waals surface area (Å²) in [5.41, 5.74) is 1.74. The standard InChI is InChI=1S/C24H26N2O4S/c1-18(20-13-15-21(30-2)16-14-20)25-24(27)23(17-19-9-5-3-6-10-19)26-31(28,29)22-11-7-4-8-12-22/h3-16,18,23,26H,17H2,1-2H3,(H,25,27)/t18-,23-/m1/s1. The van der Waals surface area contributed by atoms with E-state index in [1.807, 2.05) is 61.5 Å². The second-order valence-electron chi connectivity index (χ2n) is 7.18. The van der Waals surface area contributed by atoms with Crippen molar-refractivity contribution in [2.24, 2.45) is 0 Å². The Labute approximate surface area is 183 Å². The van der Waals surface area contributed by atoms with Crippen molar-refractivity contribution in [2.45, 2.75) is 30.3 Å². The fourth-order valence-corrected chi connectivity index (χ4v) is 4.40. The zero-order chi connectivity index (χ0) is 22.3. The molecule has 7 heteroatoms. The molecule has 0 unspecified atom stereocenters. The normalized spacial score (nSPS) is 13.2. The quantitative estimate of drug-likeness (QED) is 0.536. The topological polar surface area (TPSA) is 84.5 Å². The van der Waals surface area contributed by atoms with E-state index in [0.717, 1.165) is 16.9 Å². The SMILES string of the molecule is COc1ccc([C@@H](C)NC(=O)[C@@H](Cc2ccccc2)NS(=O)(=O)c2ccccc2)cc1. The molecule has 0 bridgehead atoms. The van der Waals surface area contributed by atoms with Crippen molar-refractivity contribution >= 4 is 15.9 Å². The highest BCUT2D eigenvalue weighted by Crippen LogP contribution is 2.18. The molecule has 2 atom stereocenters. The first kappa shape index (κ1) is 22.5. The molecule has 2 N–H and O–H groups in total. The molecule has 3 rings (SSSR count). The number of benzene rings is 3. The molecule has 0 fully saturated rings. The first-order valence-corrected chi connectivity index (χ1v) is 11.4. The molecular weight excluding hydrogens is 412 g/mol. The van der Waals surface area contributed by atoms with Gasteiger partial charge in [-0.15, -0.1) is 0 Å². The molecule has 0 aliphatic rings. The van der Waals surface area contributed by atoms with Gasteiger partial charge in [-0.2, -0.15) is 4.72 Å². The number of carbonyl (C=O) groups excluding carboxylic acids is 1. The van der Waals surface area contributed by atoms with Crippen LogP contribution in [0.1, 0.15) is 24.1 Å².